The van der Waals surface area contributed by atoms with E-state index in [1.807, 2.05) is 0 Å². The minimum Gasteiger partial charge on any atom is -0.483 e. The Morgan fingerprint density at radius 3 is 2.29 bits per heavy atom. The predicted octanol–water partition coefficient (Wildman–Crippen LogP) is 4.58. The first kappa shape index (κ1) is 27.7. The molecule has 0 aliphatic carbocycles. The highest BCUT2D eigenvalue weighted by Crippen LogP contribution is 2.32. The monoisotopic (exact) mass is 507 g/mol. The highest BCUT2D eigenvalue weighted by atomic mass is 19.4. The van der Waals surface area contributed by atoms with E-state index in [4.69, 9.17) is 4.74 Å². The predicted molar refractivity (Wildman–Crippen MR) is 111 cm³/mol. The molecule has 2 N–H and O–H groups in total. The first-order chi connectivity index (χ1) is 16.3. The van der Waals surface area contributed by atoms with E-state index in [0.717, 1.165) is 12.3 Å². The molecule has 0 saturated carbocycles. The van der Waals surface area contributed by atoms with Crippen molar-refractivity contribution in [1.82, 2.24) is 15.6 Å². The minimum absolute atomic E-state index is 0.0254. The first-order valence-corrected chi connectivity index (χ1v) is 10.3. The second-order valence-corrected chi connectivity index (χ2v) is 7.33. The molecule has 1 aromatic carbocycles. The van der Waals surface area contributed by atoms with Gasteiger partial charge in [-0.25, -0.2) is 4.79 Å². The van der Waals surface area contributed by atoms with E-state index in [0.29, 0.717) is 0 Å². The fraction of sp³-hybridized carbons (Fsp3) is 0.409. The standard InChI is InChI=1S/C22H23F6N3O4/c1-3-34-20(33)31-18(10-14-6-4-5-7-16(14)22(26,27)28)19(32)30-13(2)17-9-8-15(11-29-17)35-12-21(23,24)25/h4-9,11,13,18H,3,10,12H2,1-2H3,(H,30,32)(H,31,33). The van der Waals surface area contributed by atoms with Gasteiger partial charge in [0.05, 0.1) is 30.1 Å². The van der Waals surface area contributed by atoms with E-state index < -0.39 is 55.0 Å². The van der Waals surface area contributed by atoms with E-state index in [2.05, 4.69) is 20.4 Å². The van der Waals surface area contributed by atoms with Crippen LogP contribution in [0.15, 0.2) is 42.6 Å². The van der Waals surface area contributed by atoms with Gasteiger partial charge in [0.2, 0.25) is 5.91 Å². The molecule has 2 aromatic rings. The summed E-state index contributed by atoms with van der Waals surface area (Å²) in [7, 11) is 0. The van der Waals surface area contributed by atoms with Crippen LogP contribution in [-0.2, 0) is 22.1 Å². The summed E-state index contributed by atoms with van der Waals surface area (Å²) in [6.07, 6.45) is -9.63. The van der Waals surface area contributed by atoms with Gasteiger partial charge < -0.3 is 20.1 Å². The summed E-state index contributed by atoms with van der Waals surface area (Å²) in [5.74, 6) is -0.961. The fourth-order valence-electron chi connectivity index (χ4n) is 3.01. The van der Waals surface area contributed by atoms with Crippen LogP contribution in [0.3, 0.4) is 0 Å². The Kier molecular flexibility index (Phi) is 9.32. The highest BCUT2D eigenvalue weighted by molar-refractivity contribution is 5.86. The van der Waals surface area contributed by atoms with Gasteiger partial charge in [0, 0.05) is 6.42 Å². The molecule has 2 amide bonds. The van der Waals surface area contributed by atoms with Crippen molar-refractivity contribution in [1.29, 1.82) is 0 Å². The number of nitrogens with one attached hydrogen (secondary N) is 2. The molecule has 0 aliphatic heterocycles. The van der Waals surface area contributed by atoms with Crippen LogP contribution in [0.5, 0.6) is 5.75 Å². The molecule has 13 heteroatoms. The average Bonchev–Trinajstić information content (AvgIpc) is 2.77. The molecule has 2 rings (SSSR count). The van der Waals surface area contributed by atoms with Gasteiger partial charge in [-0.1, -0.05) is 18.2 Å². The summed E-state index contributed by atoms with van der Waals surface area (Å²) in [4.78, 5) is 28.7. The summed E-state index contributed by atoms with van der Waals surface area (Å²) < 4.78 is 86.2. The van der Waals surface area contributed by atoms with Gasteiger partial charge in [0.1, 0.15) is 11.8 Å². The van der Waals surface area contributed by atoms with Gasteiger partial charge in [0.15, 0.2) is 6.61 Å². The zero-order chi connectivity index (χ0) is 26.2. The molecule has 0 saturated heterocycles. The number of alkyl halides is 6. The fourth-order valence-corrected chi connectivity index (χ4v) is 3.01. The summed E-state index contributed by atoms with van der Waals surface area (Å²) >= 11 is 0. The molecule has 7 nitrogen and oxygen atoms in total. The third-order valence-electron chi connectivity index (χ3n) is 4.59. The molecule has 1 heterocycles. The van der Waals surface area contributed by atoms with Crippen LogP contribution in [0.25, 0.3) is 0 Å². The highest BCUT2D eigenvalue weighted by Gasteiger charge is 2.35. The molecule has 192 valence electrons. The number of nitrogens with zero attached hydrogens (tertiary/aromatic N) is 1. The maximum atomic E-state index is 13.4. The maximum Gasteiger partial charge on any atom is 0.422 e. The third kappa shape index (κ3) is 8.98. The lowest BCUT2D eigenvalue weighted by Gasteiger charge is -2.22. The normalized spacial score (nSPS) is 13.5. The smallest absolute Gasteiger partial charge is 0.422 e. The second kappa shape index (κ2) is 11.8. The lowest BCUT2D eigenvalue weighted by Crippen LogP contribution is -2.49. The van der Waals surface area contributed by atoms with Crippen molar-refractivity contribution >= 4 is 12.0 Å². The van der Waals surface area contributed by atoms with Crippen molar-refractivity contribution in [3.8, 4) is 5.75 Å². The molecule has 2 unspecified atom stereocenters. The molecule has 1 aromatic heterocycles. The van der Waals surface area contributed by atoms with Crippen LogP contribution in [0, 0.1) is 0 Å². The van der Waals surface area contributed by atoms with Crippen LogP contribution in [0.1, 0.15) is 36.7 Å². The number of hydrogen-bond donors (Lipinski definition) is 2. The quantitative estimate of drug-likeness (QED) is 0.486. The lowest BCUT2D eigenvalue weighted by molar-refractivity contribution is -0.153. The Hall–Kier alpha value is -3.51. The summed E-state index contributed by atoms with van der Waals surface area (Å²) in [5, 5.41) is 4.78. The van der Waals surface area contributed by atoms with Gasteiger partial charge in [-0.3, -0.25) is 9.78 Å². The maximum absolute atomic E-state index is 13.4. The van der Waals surface area contributed by atoms with Crippen molar-refractivity contribution in [2.24, 2.45) is 0 Å². The van der Waals surface area contributed by atoms with E-state index in [9.17, 15) is 35.9 Å². The largest absolute Gasteiger partial charge is 0.483 e. The van der Waals surface area contributed by atoms with Crippen LogP contribution in [-0.4, -0.2) is 42.4 Å². The minimum atomic E-state index is -4.67. The van der Waals surface area contributed by atoms with E-state index in [-0.39, 0.29) is 23.6 Å². The molecular weight excluding hydrogens is 484 g/mol. The number of amides is 2. The average molecular weight is 507 g/mol. The van der Waals surface area contributed by atoms with E-state index >= 15 is 0 Å². The Labute approximate surface area is 196 Å². The van der Waals surface area contributed by atoms with Crippen molar-refractivity contribution in [2.75, 3.05) is 13.2 Å². The summed E-state index contributed by atoms with van der Waals surface area (Å²) in [6.45, 7) is 1.49. The van der Waals surface area contributed by atoms with Gasteiger partial charge in [-0.15, -0.1) is 0 Å². The Bertz CT molecular complexity index is 996. The van der Waals surface area contributed by atoms with Crippen LogP contribution in [0.2, 0.25) is 0 Å². The van der Waals surface area contributed by atoms with Crippen LogP contribution >= 0.6 is 0 Å². The zero-order valence-corrected chi connectivity index (χ0v) is 18.7. The molecule has 0 spiro atoms. The van der Waals surface area contributed by atoms with Crippen molar-refractivity contribution in [3.05, 3.63) is 59.4 Å². The van der Waals surface area contributed by atoms with E-state index in [1.165, 1.54) is 44.2 Å². The number of hydrogen-bond acceptors (Lipinski definition) is 5. The Morgan fingerprint density at radius 1 is 1.03 bits per heavy atom. The number of rotatable bonds is 9. The van der Waals surface area contributed by atoms with Crippen molar-refractivity contribution in [2.45, 2.75) is 44.7 Å². The Balaban J connectivity index is 2.16. The lowest BCUT2D eigenvalue weighted by atomic mass is 9.99. The van der Waals surface area contributed by atoms with Crippen LogP contribution < -0.4 is 15.4 Å². The van der Waals surface area contributed by atoms with Gasteiger partial charge in [-0.05, 0) is 37.6 Å². The number of halogens is 6. The summed E-state index contributed by atoms with van der Waals surface area (Å²) in [5.41, 5.74) is -0.926. The summed E-state index contributed by atoms with van der Waals surface area (Å²) in [6, 6.07) is 4.96. The SMILES string of the molecule is CCOC(=O)NC(Cc1ccccc1C(F)(F)F)C(=O)NC(C)c1ccc(OCC(F)(F)F)cn1. The number of carbonyl (C=O) groups excluding carboxylic acids is 2. The second-order valence-electron chi connectivity index (χ2n) is 7.33. The molecule has 0 fully saturated rings. The molecule has 0 radical (unpaired) electrons. The van der Waals surface area contributed by atoms with Crippen molar-refractivity contribution < 1.29 is 45.4 Å². The number of benzene rings is 1. The van der Waals surface area contributed by atoms with Crippen molar-refractivity contribution in [3.63, 3.8) is 0 Å². The topological polar surface area (TPSA) is 89.5 Å². The van der Waals surface area contributed by atoms with Gasteiger partial charge >= 0.3 is 18.4 Å². The van der Waals surface area contributed by atoms with Crippen LogP contribution in [0.4, 0.5) is 31.1 Å². The molecule has 35 heavy (non-hydrogen) atoms. The zero-order valence-electron chi connectivity index (χ0n) is 18.7. The third-order valence-corrected chi connectivity index (χ3v) is 4.59. The van der Waals surface area contributed by atoms with E-state index in [1.54, 1.807) is 0 Å². The van der Waals surface area contributed by atoms with Gasteiger partial charge in [0.25, 0.3) is 0 Å². The number of alkyl carbamates (subject to hydrolysis) is 1. The molecule has 0 aliphatic rings. The molecule has 2 atom stereocenters. The Morgan fingerprint density at radius 2 is 1.71 bits per heavy atom. The number of aromatic nitrogens is 1. The molecule has 0 bridgehead atoms. The number of ether oxygens (including phenoxy) is 2. The molecular formula is C22H23F6N3O4. The number of pyridine rings is 1. The number of carbonyl (C=O) groups is 2. The van der Waals surface area contributed by atoms with Gasteiger partial charge in [-0.2, -0.15) is 26.3 Å². The first-order valence-electron chi connectivity index (χ1n) is 10.3.